The number of hydrogen-bond acceptors (Lipinski definition) is 3. The van der Waals surface area contributed by atoms with Crippen LogP contribution in [0.15, 0.2) is 24.3 Å². The first kappa shape index (κ1) is 16.0. The van der Waals surface area contributed by atoms with Gasteiger partial charge in [-0.3, -0.25) is 0 Å². The minimum atomic E-state index is -0.197. The minimum Gasteiger partial charge on any atom is -0.497 e. The van der Waals surface area contributed by atoms with Crippen LogP contribution in [0.25, 0.3) is 0 Å². The molecule has 1 heterocycles. The van der Waals surface area contributed by atoms with Crippen LogP contribution in [0.4, 0.5) is 4.79 Å². The predicted octanol–water partition coefficient (Wildman–Crippen LogP) is 3.29. The van der Waals surface area contributed by atoms with E-state index in [1.165, 1.54) is 5.56 Å². The molecule has 1 fully saturated rings. The van der Waals surface area contributed by atoms with Crippen molar-refractivity contribution in [3.8, 4) is 5.75 Å². The molecular formula is C16H24N2O2S. The third-order valence-electron chi connectivity index (χ3n) is 3.32. The molecule has 5 heteroatoms. The molecule has 0 aromatic heterocycles. The highest BCUT2D eigenvalue weighted by atomic mass is 32.2. The maximum absolute atomic E-state index is 12.3. The molecule has 21 heavy (non-hydrogen) atoms. The third-order valence-corrected chi connectivity index (χ3v) is 4.57. The molecular weight excluding hydrogens is 284 g/mol. The molecule has 116 valence electrons. The molecule has 1 aromatic carbocycles. The van der Waals surface area contributed by atoms with Crippen LogP contribution in [-0.4, -0.2) is 42.4 Å². The fourth-order valence-electron chi connectivity index (χ4n) is 2.25. The second kappa shape index (κ2) is 6.60. The topological polar surface area (TPSA) is 41.6 Å². The molecule has 1 aliphatic rings. The number of thioether (sulfide) groups is 1. The molecule has 1 saturated heterocycles. The predicted molar refractivity (Wildman–Crippen MR) is 88.1 cm³/mol. The maximum atomic E-state index is 12.3. The van der Waals surface area contributed by atoms with Crippen molar-refractivity contribution in [3.63, 3.8) is 0 Å². The van der Waals surface area contributed by atoms with Gasteiger partial charge in [-0.15, -0.1) is 0 Å². The Balaban J connectivity index is 2.01. The Bertz CT molecular complexity index is 482. The van der Waals surface area contributed by atoms with Gasteiger partial charge in [0.15, 0.2) is 0 Å². The minimum absolute atomic E-state index is 0.0290. The largest absolute Gasteiger partial charge is 0.497 e. The number of methoxy groups -OCH3 is 1. The van der Waals surface area contributed by atoms with Gasteiger partial charge in [-0.1, -0.05) is 12.1 Å². The maximum Gasteiger partial charge on any atom is 0.317 e. The van der Waals surface area contributed by atoms with Gasteiger partial charge < -0.3 is 15.0 Å². The van der Waals surface area contributed by atoms with Gasteiger partial charge in [-0.05, 0) is 38.5 Å². The fraction of sp³-hybridized carbons (Fsp3) is 0.562. The lowest BCUT2D eigenvalue weighted by molar-refractivity contribution is 0.190. The van der Waals surface area contributed by atoms with Crippen molar-refractivity contribution in [1.82, 2.24) is 10.2 Å². The van der Waals surface area contributed by atoms with Crippen molar-refractivity contribution in [1.29, 1.82) is 0 Å². The lowest BCUT2D eigenvalue weighted by Gasteiger charge is -2.34. The van der Waals surface area contributed by atoms with Gasteiger partial charge in [-0.2, -0.15) is 11.8 Å². The van der Waals surface area contributed by atoms with E-state index in [1.807, 2.05) is 49.6 Å². The van der Waals surface area contributed by atoms with E-state index in [9.17, 15) is 4.79 Å². The quantitative estimate of drug-likeness (QED) is 0.911. The molecule has 0 bridgehead atoms. The normalized spacial score (nSPS) is 19.2. The molecule has 0 aliphatic carbocycles. The Kier molecular flexibility index (Phi) is 5.04. The van der Waals surface area contributed by atoms with Gasteiger partial charge in [0, 0.05) is 29.6 Å². The molecule has 0 spiro atoms. The number of hydrogen-bond donors (Lipinski definition) is 1. The average Bonchev–Trinajstić information content (AvgIpc) is 2.46. The lowest BCUT2D eigenvalue weighted by atomic mass is 10.1. The molecule has 4 nitrogen and oxygen atoms in total. The van der Waals surface area contributed by atoms with E-state index < -0.39 is 0 Å². The van der Waals surface area contributed by atoms with Gasteiger partial charge in [0.25, 0.3) is 0 Å². The third kappa shape index (κ3) is 4.56. The number of urea groups is 1. The number of nitrogens with one attached hydrogen (secondary N) is 1. The first-order valence-electron chi connectivity index (χ1n) is 7.22. The molecule has 2 amide bonds. The summed E-state index contributed by atoms with van der Waals surface area (Å²) in [6.07, 6.45) is 0. The highest BCUT2D eigenvalue weighted by Crippen LogP contribution is 2.33. The zero-order valence-corrected chi connectivity index (χ0v) is 14.0. The summed E-state index contributed by atoms with van der Waals surface area (Å²) in [5, 5.41) is 3.37. The molecule has 1 aliphatic heterocycles. The van der Waals surface area contributed by atoms with E-state index in [0.717, 1.165) is 24.6 Å². The van der Waals surface area contributed by atoms with Crippen molar-refractivity contribution >= 4 is 17.8 Å². The summed E-state index contributed by atoms with van der Waals surface area (Å²) in [6, 6.07) is 8.15. The van der Waals surface area contributed by atoms with Crippen molar-refractivity contribution in [3.05, 3.63) is 29.8 Å². The standard InChI is InChI=1S/C16H24N2O2S/c1-16(2,3)17-15(19)18-9-10-21-14(11-18)12-5-7-13(20-4)8-6-12/h5-8,14H,9-11H2,1-4H3,(H,17,19). The molecule has 1 N–H and O–H groups in total. The Labute approximate surface area is 131 Å². The SMILES string of the molecule is COc1ccc(C2CN(C(=O)NC(C)(C)C)CCS2)cc1. The summed E-state index contributed by atoms with van der Waals surface area (Å²) in [7, 11) is 1.67. The van der Waals surface area contributed by atoms with Gasteiger partial charge in [0.1, 0.15) is 5.75 Å². The molecule has 2 rings (SSSR count). The van der Waals surface area contributed by atoms with Crippen molar-refractivity contribution < 1.29 is 9.53 Å². The number of nitrogens with zero attached hydrogens (tertiary/aromatic N) is 1. The Morgan fingerprint density at radius 2 is 2.00 bits per heavy atom. The number of carbonyl (C=O) groups is 1. The van der Waals surface area contributed by atoms with Crippen LogP contribution < -0.4 is 10.1 Å². The zero-order valence-electron chi connectivity index (χ0n) is 13.2. The monoisotopic (exact) mass is 308 g/mol. The second-order valence-corrected chi connectivity index (χ2v) is 7.57. The van der Waals surface area contributed by atoms with Crippen LogP contribution >= 0.6 is 11.8 Å². The smallest absolute Gasteiger partial charge is 0.317 e. The van der Waals surface area contributed by atoms with Crippen molar-refractivity contribution in [2.75, 3.05) is 26.0 Å². The van der Waals surface area contributed by atoms with Crippen LogP contribution in [0.2, 0.25) is 0 Å². The summed E-state index contributed by atoms with van der Waals surface area (Å²) >= 11 is 1.91. The number of carbonyl (C=O) groups excluding carboxylic acids is 1. The number of ether oxygens (including phenoxy) is 1. The van der Waals surface area contributed by atoms with Crippen LogP contribution in [0.1, 0.15) is 31.6 Å². The summed E-state index contributed by atoms with van der Waals surface area (Å²) in [4.78, 5) is 14.2. The van der Waals surface area contributed by atoms with E-state index in [-0.39, 0.29) is 11.6 Å². The molecule has 1 unspecified atom stereocenters. The first-order valence-corrected chi connectivity index (χ1v) is 8.26. The molecule has 1 atom stereocenters. The summed E-state index contributed by atoms with van der Waals surface area (Å²) in [6.45, 7) is 7.57. The van der Waals surface area contributed by atoms with Gasteiger partial charge >= 0.3 is 6.03 Å². The molecule has 0 radical (unpaired) electrons. The van der Waals surface area contributed by atoms with Crippen molar-refractivity contribution in [2.24, 2.45) is 0 Å². The van der Waals surface area contributed by atoms with Gasteiger partial charge in [0.2, 0.25) is 0 Å². The summed E-state index contributed by atoms with van der Waals surface area (Å²) < 4.78 is 5.19. The van der Waals surface area contributed by atoms with E-state index in [4.69, 9.17) is 4.74 Å². The van der Waals surface area contributed by atoms with Crippen LogP contribution in [-0.2, 0) is 0 Å². The first-order chi connectivity index (χ1) is 9.89. The van der Waals surface area contributed by atoms with E-state index in [2.05, 4.69) is 17.4 Å². The lowest BCUT2D eigenvalue weighted by Crippen LogP contribution is -2.51. The Morgan fingerprint density at radius 3 is 2.57 bits per heavy atom. The highest BCUT2D eigenvalue weighted by molar-refractivity contribution is 7.99. The van der Waals surface area contributed by atoms with Crippen LogP contribution in [0, 0.1) is 0 Å². The van der Waals surface area contributed by atoms with Crippen LogP contribution in [0.3, 0.4) is 0 Å². The molecule has 1 aromatic rings. The Hall–Kier alpha value is -1.36. The second-order valence-electron chi connectivity index (χ2n) is 6.26. The van der Waals surface area contributed by atoms with E-state index in [1.54, 1.807) is 7.11 Å². The number of amides is 2. The van der Waals surface area contributed by atoms with E-state index >= 15 is 0 Å². The highest BCUT2D eigenvalue weighted by Gasteiger charge is 2.27. The average molecular weight is 308 g/mol. The number of rotatable bonds is 2. The summed E-state index contributed by atoms with van der Waals surface area (Å²) in [5.74, 6) is 1.83. The number of benzene rings is 1. The molecule has 0 saturated carbocycles. The van der Waals surface area contributed by atoms with Crippen LogP contribution in [0.5, 0.6) is 5.75 Å². The zero-order chi connectivity index (χ0) is 15.5. The van der Waals surface area contributed by atoms with E-state index in [0.29, 0.717) is 5.25 Å². The van der Waals surface area contributed by atoms with Gasteiger partial charge in [-0.25, -0.2) is 4.79 Å². The Morgan fingerprint density at radius 1 is 1.33 bits per heavy atom. The van der Waals surface area contributed by atoms with Crippen molar-refractivity contribution in [2.45, 2.75) is 31.6 Å². The fourth-order valence-corrected chi connectivity index (χ4v) is 3.50. The summed E-state index contributed by atoms with van der Waals surface area (Å²) in [5.41, 5.74) is 1.05. The van der Waals surface area contributed by atoms with Gasteiger partial charge in [0.05, 0.1) is 7.11 Å².